The summed E-state index contributed by atoms with van der Waals surface area (Å²) in [6, 6.07) is 17.3. The van der Waals surface area contributed by atoms with Crippen molar-refractivity contribution in [2.75, 3.05) is 6.54 Å². The van der Waals surface area contributed by atoms with E-state index in [2.05, 4.69) is 31.2 Å². The zero-order valence-electron chi connectivity index (χ0n) is 19.4. The summed E-state index contributed by atoms with van der Waals surface area (Å²) in [5.41, 5.74) is 2.63. The van der Waals surface area contributed by atoms with Gasteiger partial charge in [0, 0.05) is 13.0 Å². The van der Waals surface area contributed by atoms with Gasteiger partial charge in [-0.25, -0.2) is 4.79 Å². The van der Waals surface area contributed by atoms with E-state index in [1.54, 1.807) is 24.3 Å². The molecule has 1 heterocycles. The number of carboxylic acid groups (broad SMARTS) is 1. The van der Waals surface area contributed by atoms with Crippen LogP contribution in [0.1, 0.15) is 60.5 Å². The molecule has 1 amide bonds. The second kappa shape index (κ2) is 12.4. The van der Waals surface area contributed by atoms with E-state index in [-0.39, 0.29) is 23.4 Å². The maximum atomic E-state index is 12.4. The number of rotatable bonds is 12. The second-order valence-corrected chi connectivity index (χ2v) is 9.03. The molecular formula is C28H35NO4. The van der Waals surface area contributed by atoms with Gasteiger partial charge >= 0.3 is 5.97 Å². The number of aliphatic hydroxyl groups is 1. The zero-order chi connectivity index (χ0) is 23.6. The van der Waals surface area contributed by atoms with Gasteiger partial charge in [-0.15, -0.1) is 0 Å². The summed E-state index contributed by atoms with van der Waals surface area (Å²) in [5, 5.41) is 19.6. The Bertz CT molecular complexity index is 923. The summed E-state index contributed by atoms with van der Waals surface area (Å²) < 4.78 is 0. The number of hydrogen-bond acceptors (Lipinski definition) is 3. The van der Waals surface area contributed by atoms with Crippen LogP contribution in [0.5, 0.6) is 0 Å². The minimum atomic E-state index is -0.939. The first-order chi connectivity index (χ1) is 15.9. The molecule has 3 atom stereocenters. The van der Waals surface area contributed by atoms with Crippen LogP contribution in [0.15, 0.2) is 66.7 Å². The van der Waals surface area contributed by atoms with Gasteiger partial charge in [0.25, 0.3) is 0 Å². The van der Waals surface area contributed by atoms with Gasteiger partial charge in [-0.3, -0.25) is 4.79 Å². The summed E-state index contributed by atoms with van der Waals surface area (Å²) in [7, 11) is 0. The Kier molecular flexibility index (Phi) is 9.25. The third kappa shape index (κ3) is 7.57. The highest BCUT2D eigenvalue weighted by Crippen LogP contribution is 2.22. The van der Waals surface area contributed by atoms with Crippen LogP contribution in [0.2, 0.25) is 0 Å². The summed E-state index contributed by atoms with van der Waals surface area (Å²) in [5.74, 6) is -0.629. The minimum Gasteiger partial charge on any atom is -0.478 e. The highest BCUT2D eigenvalue weighted by Gasteiger charge is 2.29. The number of carboxylic acids is 1. The average Bonchev–Trinajstić information content (AvgIpc) is 3.18. The van der Waals surface area contributed by atoms with E-state index in [4.69, 9.17) is 5.11 Å². The Labute approximate surface area is 196 Å². The molecule has 0 aromatic heterocycles. The van der Waals surface area contributed by atoms with Crippen LogP contribution in [-0.4, -0.2) is 45.7 Å². The van der Waals surface area contributed by atoms with Gasteiger partial charge in [-0.2, -0.15) is 0 Å². The Morgan fingerprint density at radius 3 is 2.45 bits per heavy atom. The van der Waals surface area contributed by atoms with Crippen LogP contribution in [0.25, 0.3) is 0 Å². The van der Waals surface area contributed by atoms with Crippen LogP contribution in [-0.2, 0) is 17.6 Å². The molecule has 2 N–H and O–H groups in total. The minimum absolute atomic E-state index is 0.00993. The van der Waals surface area contributed by atoms with E-state index >= 15 is 0 Å². The number of likely N-dealkylation sites (tertiary alicyclic amines) is 1. The predicted octanol–water partition coefficient (Wildman–Crippen LogP) is 4.88. The molecule has 0 bridgehead atoms. The van der Waals surface area contributed by atoms with Crippen molar-refractivity contribution < 1.29 is 19.8 Å². The number of nitrogens with zero attached hydrogens (tertiary/aromatic N) is 1. The van der Waals surface area contributed by atoms with Gasteiger partial charge < -0.3 is 15.1 Å². The number of aryl methyl sites for hydroxylation is 1. The van der Waals surface area contributed by atoms with E-state index in [1.165, 1.54) is 5.56 Å². The molecule has 0 aliphatic carbocycles. The third-order valence-electron chi connectivity index (χ3n) is 6.55. The van der Waals surface area contributed by atoms with Crippen molar-refractivity contribution in [3.05, 3.63) is 83.4 Å². The van der Waals surface area contributed by atoms with Crippen molar-refractivity contribution in [1.29, 1.82) is 0 Å². The van der Waals surface area contributed by atoms with Gasteiger partial charge in [-0.05, 0) is 61.3 Å². The molecule has 0 saturated carbocycles. The molecule has 0 spiro atoms. The number of carbonyl (C=O) groups is 2. The lowest BCUT2D eigenvalue weighted by Gasteiger charge is -2.23. The van der Waals surface area contributed by atoms with E-state index in [0.29, 0.717) is 19.4 Å². The standard InChI is InChI=1S/C28H35NO4/c1-21(7-5-6-10-22-8-3-2-4-9-22)26(30)17-15-25-16-18-27(31)29(25)20-19-23-11-13-24(14-12-23)28(32)33/h2-4,8-9,11-15,17,21,25-26,30H,5-7,10,16,18-20H2,1H3,(H,32,33)/t21-,25?,26+/m0/s1. The topological polar surface area (TPSA) is 77.8 Å². The molecule has 176 valence electrons. The van der Waals surface area contributed by atoms with Crippen LogP contribution in [0.4, 0.5) is 0 Å². The molecule has 1 saturated heterocycles. The maximum absolute atomic E-state index is 12.4. The fourth-order valence-corrected chi connectivity index (χ4v) is 4.35. The molecule has 5 heteroatoms. The fourth-order valence-electron chi connectivity index (χ4n) is 4.35. The lowest BCUT2D eigenvalue weighted by Crippen LogP contribution is -2.34. The lowest BCUT2D eigenvalue weighted by molar-refractivity contribution is -0.128. The molecule has 5 nitrogen and oxygen atoms in total. The Morgan fingerprint density at radius 2 is 1.76 bits per heavy atom. The van der Waals surface area contributed by atoms with Crippen molar-refractivity contribution in [3.8, 4) is 0 Å². The van der Waals surface area contributed by atoms with E-state index in [0.717, 1.165) is 37.7 Å². The van der Waals surface area contributed by atoms with Crippen molar-refractivity contribution in [1.82, 2.24) is 4.90 Å². The van der Waals surface area contributed by atoms with Crippen LogP contribution < -0.4 is 0 Å². The van der Waals surface area contributed by atoms with Gasteiger partial charge in [0.2, 0.25) is 5.91 Å². The molecule has 2 aromatic carbocycles. The Balaban J connectivity index is 1.43. The first-order valence-corrected chi connectivity index (χ1v) is 12.0. The normalized spacial score (nSPS) is 18.1. The van der Waals surface area contributed by atoms with Crippen molar-refractivity contribution in [2.24, 2.45) is 5.92 Å². The maximum Gasteiger partial charge on any atom is 0.335 e. The fraction of sp³-hybridized carbons (Fsp3) is 0.429. The summed E-state index contributed by atoms with van der Waals surface area (Å²) in [4.78, 5) is 25.2. The number of amides is 1. The van der Waals surface area contributed by atoms with Crippen molar-refractivity contribution in [3.63, 3.8) is 0 Å². The SMILES string of the molecule is C[C@@H](CCCCc1ccccc1)[C@H](O)C=CC1CCC(=O)N1CCc1ccc(C(=O)O)cc1. The predicted molar refractivity (Wildman–Crippen MR) is 130 cm³/mol. The summed E-state index contributed by atoms with van der Waals surface area (Å²) in [6.45, 7) is 2.67. The van der Waals surface area contributed by atoms with Gasteiger partial charge in [0.15, 0.2) is 0 Å². The monoisotopic (exact) mass is 449 g/mol. The van der Waals surface area contributed by atoms with E-state index in [9.17, 15) is 14.7 Å². The third-order valence-corrected chi connectivity index (χ3v) is 6.55. The molecule has 1 aliphatic rings. The molecule has 1 aliphatic heterocycles. The summed E-state index contributed by atoms with van der Waals surface area (Å²) >= 11 is 0. The second-order valence-electron chi connectivity index (χ2n) is 9.03. The Hall–Kier alpha value is -2.92. The first kappa shape index (κ1) is 24.7. The molecule has 3 rings (SSSR count). The molecule has 2 aromatic rings. The van der Waals surface area contributed by atoms with Crippen LogP contribution in [0.3, 0.4) is 0 Å². The van der Waals surface area contributed by atoms with E-state index < -0.39 is 12.1 Å². The molecule has 1 unspecified atom stereocenters. The van der Waals surface area contributed by atoms with Gasteiger partial charge in [0.05, 0.1) is 17.7 Å². The smallest absolute Gasteiger partial charge is 0.335 e. The van der Waals surface area contributed by atoms with E-state index in [1.807, 2.05) is 23.1 Å². The number of aromatic carboxylic acids is 1. The number of carbonyl (C=O) groups excluding carboxylic acids is 1. The molecular weight excluding hydrogens is 414 g/mol. The molecule has 1 fully saturated rings. The number of aliphatic hydroxyl groups excluding tert-OH is 1. The summed E-state index contributed by atoms with van der Waals surface area (Å²) in [6.07, 6.45) is 9.54. The highest BCUT2D eigenvalue weighted by molar-refractivity contribution is 5.87. The average molecular weight is 450 g/mol. The largest absolute Gasteiger partial charge is 0.478 e. The van der Waals surface area contributed by atoms with Gasteiger partial charge in [-0.1, -0.05) is 68.0 Å². The quantitative estimate of drug-likeness (QED) is 0.357. The van der Waals surface area contributed by atoms with Crippen molar-refractivity contribution >= 4 is 11.9 Å². The lowest BCUT2D eigenvalue weighted by atomic mass is 9.95. The van der Waals surface area contributed by atoms with Crippen LogP contribution in [0, 0.1) is 5.92 Å². The van der Waals surface area contributed by atoms with Crippen molar-refractivity contribution in [2.45, 2.75) is 64.0 Å². The molecule has 0 radical (unpaired) electrons. The van der Waals surface area contributed by atoms with Crippen LogP contribution >= 0.6 is 0 Å². The molecule has 33 heavy (non-hydrogen) atoms. The van der Waals surface area contributed by atoms with Gasteiger partial charge in [0.1, 0.15) is 0 Å². The number of hydrogen-bond donors (Lipinski definition) is 2. The Morgan fingerprint density at radius 1 is 1.06 bits per heavy atom. The highest BCUT2D eigenvalue weighted by atomic mass is 16.4. The zero-order valence-corrected chi connectivity index (χ0v) is 19.4. The first-order valence-electron chi connectivity index (χ1n) is 12.0. The number of benzene rings is 2. The number of unbranched alkanes of at least 4 members (excludes halogenated alkanes) is 1.